The molecule has 2 rings (SSSR count). The summed E-state index contributed by atoms with van der Waals surface area (Å²) >= 11 is 5.94. The maximum absolute atomic E-state index is 5.94. The molecule has 1 unspecified atom stereocenters. The van der Waals surface area contributed by atoms with E-state index in [9.17, 15) is 0 Å². The number of nitrogens with one attached hydrogen (secondary N) is 1. The van der Waals surface area contributed by atoms with Gasteiger partial charge in [-0.1, -0.05) is 23.7 Å². The van der Waals surface area contributed by atoms with Crippen LogP contribution >= 0.6 is 11.6 Å². The first-order valence-electron chi connectivity index (χ1n) is 5.24. The Morgan fingerprint density at radius 1 is 1.29 bits per heavy atom. The van der Waals surface area contributed by atoms with Gasteiger partial charge in [-0.05, 0) is 24.6 Å². The minimum atomic E-state index is 0.103. The highest BCUT2D eigenvalue weighted by atomic mass is 35.5. The molecule has 1 atom stereocenters. The van der Waals surface area contributed by atoms with Crippen molar-refractivity contribution in [3.8, 4) is 0 Å². The third kappa shape index (κ3) is 3.07. The number of nitrogen functional groups attached to an aromatic ring is 1. The molecule has 0 aliphatic rings. The molecular formula is C12H13ClN4. The first-order chi connectivity index (χ1) is 8.15. The van der Waals surface area contributed by atoms with Crippen LogP contribution in [0.25, 0.3) is 0 Å². The molecule has 0 radical (unpaired) electrons. The molecule has 2 aromatic rings. The number of nitrogens with two attached hydrogens (primary N) is 1. The van der Waals surface area contributed by atoms with Crippen LogP contribution in [-0.2, 0) is 0 Å². The summed E-state index contributed by atoms with van der Waals surface area (Å²) < 4.78 is 0. The normalized spacial score (nSPS) is 12.1. The highest BCUT2D eigenvalue weighted by molar-refractivity contribution is 6.30. The molecule has 0 saturated heterocycles. The second-order valence-electron chi connectivity index (χ2n) is 3.75. The van der Waals surface area contributed by atoms with E-state index >= 15 is 0 Å². The minimum Gasteiger partial charge on any atom is -0.382 e. The molecule has 0 fully saturated rings. The summed E-state index contributed by atoms with van der Waals surface area (Å²) in [6.07, 6.45) is 3.13. The van der Waals surface area contributed by atoms with Crippen molar-refractivity contribution >= 4 is 23.2 Å². The fourth-order valence-electron chi connectivity index (χ4n) is 1.49. The maximum Gasteiger partial charge on any atom is 0.145 e. The third-order valence-electron chi connectivity index (χ3n) is 2.38. The Hall–Kier alpha value is -1.81. The third-order valence-corrected chi connectivity index (χ3v) is 2.62. The number of nitrogens with zero attached hydrogens (tertiary/aromatic N) is 2. The van der Waals surface area contributed by atoms with E-state index in [1.54, 1.807) is 6.20 Å². The van der Waals surface area contributed by atoms with Crippen LogP contribution in [0.2, 0.25) is 5.02 Å². The van der Waals surface area contributed by atoms with E-state index < -0.39 is 0 Å². The molecule has 0 aliphatic carbocycles. The van der Waals surface area contributed by atoms with E-state index in [0.29, 0.717) is 11.6 Å². The summed E-state index contributed by atoms with van der Waals surface area (Å²) in [6, 6.07) is 7.80. The van der Waals surface area contributed by atoms with Gasteiger partial charge in [0.1, 0.15) is 11.6 Å². The van der Waals surface area contributed by atoms with Crippen molar-refractivity contribution < 1.29 is 0 Å². The smallest absolute Gasteiger partial charge is 0.145 e. The molecule has 5 heteroatoms. The Kier molecular flexibility index (Phi) is 3.44. The molecule has 3 N–H and O–H groups in total. The molecule has 0 saturated carbocycles. The Labute approximate surface area is 105 Å². The van der Waals surface area contributed by atoms with Crippen LogP contribution in [0, 0.1) is 0 Å². The van der Waals surface area contributed by atoms with E-state index in [4.69, 9.17) is 17.3 Å². The van der Waals surface area contributed by atoms with Crippen molar-refractivity contribution in [2.45, 2.75) is 13.0 Å². The lowest BCUT2D eigenvalue weighted by Crippen LogP contribution is -2.08. The number of rotatable bonds is 3. The van der Waals surface area contributed by atoms with E-state index in [1.165, 1.54) is 6.20 Å². The van der Waals surface area contributed by atoms with Gasteiger partial charge in [-0.25, -0.2) is 9.97 Å². The van der Waals surface area contributed by atoms with E-state index in [-0.39, 0.29) is 6.04 Å². The number of aromatic nitrogens is 2. The zero-order chi connectivity index (χ0) is 12.3. The van der Waals surface area contributed by atoms with Gasteiger partial charge in [0.15, 0.2) is 0 Å². The highest BCUT2D eigenvalue weighted by Gasteiger charge is 2.06. The van der Waals surface area contributed by atoms with E-state index in [0.717, 1.165) is 10.6 Å². The van der Waals surface area contributed by atoms with Gasteiger partial charge >= 0.3 is 0 Å². The number of halogens is 1. The quantitative estimate of drug-likeness (QED) is 0.877. The van der Waals surface area contributed by atoms with Crippen molar-refractivity contribution in [2.75, 3.05) is 11.1 Å². The van der Waals surface area contributed by atoms with Crippen LogP contribution in [0.4, 0.5) is 11.6 Å². The van der Waals surface area contributed by atoms with E-state index in [2.05, 4.69) is 15.3 Å². The van der Waals surface area contributed by atoms with Gasteiger partial charge in [0.05, 0.1) is 18.4 Å². The fraction of sp³-hybridized carbons (Fsp3) is 0.167. The molecular weight excluding hydrogens is 236 g/mol. The predicted molar refractivity (Wildman–Crippen MR) is 69.9 cm³/mol. The molecule has 17 heavy (non-hydrogen) atoms. The second-order valence-corrected chi connectivity index (χ2v) is 4.18. The van der Waals surface area contributed by atoms with Gasteiger partial charge < -0.3 is 11.1 Å². The zero-order valence-electron chi connectivity index (χ0n) is 9.39. The van der Waals surface area contributed by atoms with Crippen LogP contribution in [0.3, 0.4) is 0 Å². The average Bonchev–Trinajstić information content (AvgIpc) is 2.32. The largest absolute Gasteiger partial charge is 0.382 e. The van der Waals surface area contributed by atoms with Crippen molar-refractivity contribution in [3.63, 3.8) is 0 Å². The molecule has 1 aromatic heterocycles. The van der Waals surface area contributed by atoms with Crippen molar-refractivity contribution in [2.24, 2.45) is 0 Å². The summed E-state index contributed by atoms with van der Waals surface area (Å²) in [5, 5.41) is 3.95. The van der Waals surface area contributed by atoms with Crippen molar-refractivity contribution in [1.82, 2.24) is 9.97 Å². The predicted octanol–water partition coefficient (Wildman–Crippen LogP) is 2.89. The average molecular weight is 249 g/mol. The second kappa shape index (κ2) is 5.01. The fourth-order valence-corrected chi connectivity index (χ4v) is 1.69. The lowest BCUT2D eigenvalue weighted by molar-refractivity contribution is 0.872. The first kappa shape index (κ1) is 11.7. The lowest BCUT2D eigenvalue weighted by atomic mass is 10.1. The Morgan fingerprint density at radius 2 is 2.12 bits per heavy atom. The first-order valence-corrected chi connectivity index (χ1v) is 5.62. The van der Waals surface area contributed by atoms with Gasteiger partial charge in [-0.2, -0.15) is 0 Å². The molecule has 4 nitrogen and oxygen atoms in total. The standard InChI is InChI=1S/C12H13ClN4/c1-8(9-3-2-4-10(13)5-9)17-12-7-15-11(14)6-16-12/h2-8H,1H3,(H2,14,15)(H,16,17). The molecule has 1 heterocycles. The van der Waals surface area contributed by atoms with Gasteiger partial charge in [0.2, 0.25) is 0 Å². The number of anilines is 2. The molecule has 0 amide bonds. The maximum atomic E-state index is 5.94. The van der Waals surface area contributed by atoms with Crippen molar-refractivity contribution in [1.29, 1.82) is 0 Å². The van der Waals surface area contributed by atoms with Crippen LogP contribution in [-0.4, -0.2) is 9.97 Å². The summed E-state index contributed by atoms with van der Waals surface area (Å²) in [5.41, 5.74) is 6.56. The van der Waals surface area contributed by atoms with Crippen molar-refractivity contribution in [3.05, 3.63) is 47.2 Å². The van der Waals surface area contributed by atoms with E-state index in [1.807, 2.05) is 31.2 Å². The van der Waals surface area contributed by atoms with Crippen LogP contribution < -0.4 is 11.1 Å². The summed E-state index contributed by atoms with van der Waals surface area (Å²) in [4.78, 5) is 8.10. The highest BCUT2D eigenvalue weighted by Crippen LogP contribution is 2.20. The Morgan fingerprint density at radius 3 is 2.76 bits per heavy atom. The molecule has 88 valence electrons. The number of hydrogen-bond acceptors (Lipinski definition) is 4. The summed E-state index contributed by atoms with van der Waals surface area (Å²) in [6.45, 7) is 2.03. The van der Waals surface area contributed by atoms with Gasteiger partial charge in [-0.15, -0.1) is 0 Å². The Bertz CT molecular complexity index is 498. The topological polar surface area (TPSA) is 63.8 Å². The number of benzene rings is 1. The monoisotopic (exact) mass is 248 g/mol. The van der Waals surface area contributed by atoms with Gasteiger partial charge in [-0.3, -0.25) is 0 Å². The van der Waals surface area contributed by atoms with Gasteiger partial charge in [0.25, 0.3) is 0 Å². The summed E-state index contributed by atoms with van der Waals surface area (Å²) in [7, 11) is 0. The summed E-state index contributed by atoms with van der Waals surface area (Å²) in [5.74, 6) is 1.10. The molecule has 0 spiro atoms. The van der Waals surface area contributed by atoms with Gasteiger partial charge in [0, 0.05) is 5.02 Å². The SMILES string of the molecule is CC(Nc1cnc(N)cn1)c1cccc(Cl)c1. The zero-order valence-corrected chi connectivity index (χ0v) is 10.1. The Balaban J connectivity index is 2.11. The molecule has 1 aromatic carbocycles. The number of hydrogen-bond donors (Lipinski definition) is 2. The minimum absolute atomic E-state index is 0.103. The van der Waals surface area contributed by atoms with Crippen LogP contribution in [0.5, 0.6) is 0 Å². The molecule has 0 bridgehead atoms. The van der Waals surface area contributed by atoms with Crippen LogP contribution in [0.1, 0.15) is 18.5 Å². The lowest BCUT2D eigenvalue weighted by Gasteiger charge is -2.14. The molecule has 0 aliphatic heterocycles. The van der Waals surface area contributed by atoms with Crippen LogP contribution in [0.15, 0.2) is 36.7 Å².